The fraction of sp³-hybridized carbons (Fsp3) is 0.611. The second kappa shape index (κ2) is 6.23. The van der Waals surface area contributed by atoms with Gasteiger partial charge in [-0.25, -0.2) is 0 Å². The summed E-state index contributed by atoms with van der Waals surface area (Å²) in [7, 11) is 1.64. The van der Waals surface area contributed by atoms with Crippen molar-refractivity contribution in [2.45, 2.75) is 63.7 Å². The van der Waals surface area contributed by atoms with Crippen LogP contribution in [0.4, 0.5) is 0 Å². The van der Waals surface area contributed by atoms with Crippen molar-refractivity contribution < 1.29 is 14.6 Å². The van der Waals surface area contributed by atoms with Gasteiger partial charge in [0.1, 0.15) is 5.75 Å². The molecule has 2 rings (SSSR count). The van der Waals surface area contributed by atoms with Crippen molar-refractivity contribution in [3.63, 3.8) is 0 Å². The molecule has 0 saturated heterocycles. The molecule has 0 radical (unpaired) electrons. The molecule has 3 nitrogen and oxygen atoms in total. The first-order chi connectivity index (χ1) is 10.2. The predicted octanol–water partition coefficient (Wildman–Crippen LogP) is 5.04. The summed E-state index contributed by atoms with van der Waals surface area (Å²) in [6.45, 7) is 6.36. The van der Waals surface area contributed by atoms with Crippen LogP contribution in [0.1, 0.15) is 64.0 Å². The Morgan fingerprint density at radius 3 is 2.27 bits per heavy atom. The molecule has 1 saturated carbocycles. The molecular weight excluding hydrogens is 344 g/mol. The minimum atomic E-state index is -0.826. The normalized spacial score (nSPS) is 18.0. The molecule has 1 N–H and O–H groups in total. The van der Waals surface area contributed by atoms with Gasteiger partial charge in [0, 0.05) is 15.6 Å². The monoisotopic (exact) mass is 368 g/mol. The van der Waals surface area contributed by atoms with Crippen molar-refractivity contribution >= 4 is 21.9 Å². The first-order valence-corrected chi connectivity index (χ1v) is 8.63. The molecule has 1 aromatic carbocycles. The minimum Gasteiger partial charge on any atom is -0.496 e. The second-order valence-corrected chi connectivity index (χ2v) is 8.15. The third-order valence-corrected chi connectivity index (χ3v) is 5.16. The summed E-state index contributed by atoms with van der Waals surface area (Å²) in [5, 5.41) is 9.98. The Morgan fingerprint density at radius 2 is 1.82 bits per heavy atom. The van der Waals surface area contributed by atoms with Gasteiger partial charge in [-0.2, -0.15) is 0 Å². The molecule has 1 aromatic rings. The van der Waals surface area contributed by atoms with Gasteiger partial charge in [0.2, 0.25) is 0 Å². The van der Waals surface area contributed by atoms with E-state index in [2.05, 4.69) is 36.7 Å². The first-order valence-electron chi connectivity index (χ1n) is 7.84. The van der Waals surface area contributed by atoms with Crippen LogP contribution in [0.3, 0.4) is 0 Å². The Labute approximate surface area is 141 Å². The molecule has 4 heteroatoms. The third-order valence-electron chi connectivity index (χ3n) is 4.70. The molecule has 1 fully saturated rings. The lowest BCUT2D eigenvalue weighted by atomic mass is 9.68. The van der Waals surface area contributed by atoms with Crippen LogP contribution in [0.15, 0.2) is 16.6 Å². The Bertz CT molecular complexity index is 566. The van der Waals surface area contributed by atoms with Crippen LogP contribution in [0, 0.1) is 0 Å². The Kier molecular flexibility index (Phi) is 4.90. The van der Waals surface area contributed by atoms with Gasteiger partial charge >= 0.3 is 5.97 Å². The number of halogens is 1. The van der Waals surface area contributed by atoms with E-state index in [4.69, 9.17) is 4.74 Å². The molecule has 0 aromatic heterocycles. The molecule has 1 aliphatic rings. The van der Waals surface area contributed by atoms with E-state index in [1.54, 1.807) is 7.11 Å². The van der Waals surface area contributed by atoms with E-state index in [9.17, 15) is 9.90 Å². The summed E-state index contributed by atoms with van der Waals surface area (Å²) in [4.78, 5) is 12.1. The maximum atomic E-state index is 12.1. The minimum absolute atomic E-state index is 0.113. The summed E-state index contributed by atoms with van der Waals surface area (Å²) < 4.78 is 6.62. The Balaban J connectivity index is 2.72. The van der Waals surface area contributed by atoms with Crippen molar-refractivity contribution in [2.75, 3.05) is 7.11 Å². The highest BCUT2D eigenvalue weighted by atomic mass is 79.9. The number of carboxylic acid groups (broad SMARTS) is 1. The summed E-state index contributed by atoms with van der Waals surface area (Å²) in [5.74, 6) is 0.00320. The number of methoxy groups -OCH3 is 1. The van der Waals surface area contributed by atoms with E-state index in [0.29, 0.717) is 12.8 Å². The number of aliphatic carboxylic acids is 1. The van der Waals surface area contributed by atoms with E-state index in [1.807, 2.05) is 12.1 Å². The molecule has 0 bridgehead atoms. The number of hydrogen-bond donors (Lipinski definition) is 1. The maximum Gasteiger partial charge on any atom is 0.314 e. The molecule has 122 valence electrons. The summed E-state index contributed by atoms with van der Waals surface area (Å²) in [6.07, 6.45) is 4.37. The molecule has 0 amide bonds. The fourth-order valence-electron chi connectivity index (χ4n) is 3.48. The first kappa shape index (κ1) is 17.3. The van der Waals surface area contributed by atoms with Crippen LogP contribution in [-0.2, 0) is 15.6 Å². The van der Waals surface area contributed by atoms with Gasteiger partial charge in [0.25, 0.3) is 0 Å². The van der Waals surface area contributed by atoms with Crippen LogP contribution in [0.5, 0.6) is 5.75 Å². The van der Waals surface area contributed by atoms with Crippen LogP contribution in [-0.4, -0.2) is 18.2 Å². The third kappa shape index (κ3) is 3.03. The lowest BCUT2D eigenvalue weighted by Gasteiger charge is -2.36. The molecule has 0 spiro atoms. The molecule has 1 aliphatic carbocycles. The van der Waals surface area contributed by atoms with Gasteiger partial charge in [-0.1, -0.05) is 56.0 Å². The number of rotatable bonds is 3. The molecule has 0 heterocycles. The molecule has 0 aliphatic heterocycles. The zero-order valence-corrected chi connectivity index (χ0v) is 15.4. The molecule has 0 unspecified atom stereocenters. The summed E-state index contributed by atoms with van der Waals surface area (Å²) >= 11 is 3.56. The van der Waals surface area contributed by atoms with Crippen LogP contribution >= 0.6 is 15.9 Å². The van der Waals surface area contributed by atoms with Gasteiger partial charge in [0.05, 0.1) is 12.5 Å². The topological polar surface area (TPSA) is 46.5 Å². The number of ether oxygens (including phenoxy) is 1. The molecule has 0 atom stereocenters. The average molecular weight is 369 g/mol. The Hall–Kier alpha value is -1.03. The van der Waals surface area contributed by atoms with Gasteiger partial charge in [-0.15, -0.1) is 0 Å². The Morgan fingerprint density at radius 1 is 1.23 bits per heavy atom. The van der Waals surface area contributed by atoms with E-state index in [-0.39, 0.29) is 5.41 Å². The fourth-order valence-corrected chi connectivity index (χ4v) is 3.94. The van der Waals surface area contributed by atoms with E-state index >= 15 is 0 Å². The van der Waals surface area contributed by atoms with E-state index in [0.717, 1.165) is 40.6 Å². The summed E-state index contributed by atoms with van der Waals surface area (Å²) in [6, 6.07) is 3.98. The lowest BCUT2D eigenvalue weighted by molar-refractivity contribution is -0.145. The number of hydrogen-bond acceptors (Lipinski definition) is 2. The van der Waals surface area contributed by atoms with Crippen molar-refractivity contribution in [1.29, 1.82) is 0 Å². The van der Waals surface area contributed by atoms with E-state index < -0.39 is 11.4 Å². The summed E-state index contributed by atoms with van der Waals surface area (Å²) in [5.41, 5.74) is 0.929. The number of carboxylic acids is 1. The zero-order valence-electron chi connectivity index (χ0n) is 13.8. The van der Waals surface area contributed by atoms with Gasteiger partial charge < -0.3 is 9.84 Å². The second-order valence-electron chi connectivity index (χ2n) is 7.23. The standard InChI is InChI=1S/C18H25BrO3/c1-17(2,3)13-10-12(19)11-14(15(13)22-4)18(16(20)21)8-6-5-7-9-18/h10-11H,5-9H2,1-4H3,(H,20,21). The predicted molar refractivity (Wildman–Crippen MR) is 91.8 cm³/mol. The average Bonchev–Trinajstić information content (AvgIpc) is 2.46. The van der Waals surface area contributed by atoms with Crippen molar-refractivity contribution in [3.05, 3.63) is 27.7 Å². The van der Waals surface area contributed by atoms with Gasteiger partial charge in [-0.3, -0.25) is 4.79 Å². The highest BCUT2D eigenvalue weighted by Gasteiger charge is 2.44. The van der Waals surface area contributed by atoms with Crippen molar-refractivity contribution in [2.24, 2.45) is 0 Å². The SMILES string of the molecule is COc1c(C(C)(C)C)cc(Br)cc1C1(C(=O)O)CCCCC1. The van der Waals surface area contributed by atoms with E-state index in [1.165, 1.54) is 0 Å². The van der Waals surface area contributed by atoms with Crippen molar-refractivity contribution in [1.82, 2.24) is 0 Å². The highest BCUT2D eigenvalue weighted by Crippen LogP contribution is 2.47. The largest absolute Gasteiger partial charge is 0.496 e. The molecule has 22 heavy (non-hydrogen) atoms. The van der Waals surface area contributed by atoms with Gasteiger partial charge in [0.15, 0.2) is 0 Å². The van der Waals surface area contributed by atoms with Crippen molar-refractivity contribution in [3.8, 4) is 5.75 Å². The molecular formula is C18H25BrO3. The highest BCUT2D eigenvalue weighted by molar-refractivity contribution is 9.10. The maximum absolute atomic E-state index is 12.1. The van der Waals surface area contributed by atoms with Crippen LogP contribution in [0.2, 0.25) is 0 Å². The van der Waals surface area contributed by atoms with Crippen LogP contribution in [0.25, 0.3) is 0 Å². The smallest absolute Gasteiger partial charge is 0.314 e. The number of carbonyl (C=O) groups is 1. The number of benzene rings is 1. The zero-order chi connectivity index (χ0) is 16.5. The van der Waals surface area contributed by atoms with Crippen LogP contribution < -0.4 is 4.74 Å². The lowest BCUT2D eigenvalue weighted by Crippen LogP contribution is -2.38. The van der Waals surface area contributed by atoms with Gasteiger partial charge in [-0.05, 0) is 30.4 Å². The quantitative estimate of drug-likeness (QED) is 0.812.